The number of nitrogen functional groups attached to an aromatic ring is 1. The summed E-state index contributed by atoms with van der Waals surface area (Å²) in [6.45, 7) is 3.93. The van der Waals surface area contributed by atoms with Crippen LogP contribution >= 0.6 is 22.7 Å². The van der Waals surface area contributed by atoms with Crippen LogP contribution in [-0.4, -0.2) is 19.8 Å². The fraction of sp³-hybridized carbons (Fsp3) is 0.222. The number of hydrogen-bond acceptors (Lipinski definition) is 6. The molecule has 0 saturated carbocycles. The first-order valence-electron chi connectivity index (χ1n) is 4.70. The van der Waals surface area contributed by atoms with E-state index in [0.29, 0.717) is 0 Å². The highest BCUT2D eigenvalue weighted by molar-refractivity contribution is 7.25. The van der Waals surface area contributed by atoms with Crippen LogP contribution in [0.15, 0.2) is 6.07 Å². The van der Waals surface area contributed by atoms with Crippen molar-refractivity contribution < 1.29 is 0 Å². The van der Waals surface area contributed by atoms with Crippen molar-refractivity contribution in [1.29, 1.82) is 0 Å². The standard InChI is InChI=1S/C9H9N5S2/c1-4-3-6(10)15-7(4)8-13-14-5(2)11-12-9(14)16-8/h3H,10H2,1-2H3. The smallest absolute Gasteiger partial charge is 0.234 e. The molecule has 0 spiro atoms. The zero-order valence-corrected chi connectivity index (χ0v) is 10.4. The molecule has 0 amide bonds. The maximum atomic E-state index is 5.78. The highest BCUT2D eigenvalue weighted by atomic mass is 32.1. The molecule has 3 aromatic rings. The Kier molecular flexibility index (Phi) is 1.98. The summed E-state index contributed by atoms with van der Waals surface area (Å²) >= 11 is 3.09. The predicted octanol–water partition coefficient (Wildman–Crippen LogP) is 2.11. The molecule has 7 heteroatoms. The molecule has 0 radical (unpaired) electrons. The molecule has 0 aliphatic carbocycles. The van der Waals surface area contributed by atoms with Crippen LogP contribution in [-0.2, 0) is 0 Å². The number of rotatable bonds is 1. The monoisotopic (exact) mass is 251 g/mol. The van der Waals surface area contributed by atoms with Gasteiger partial charge in [-0.15, -0.1) is 21.5 Å². The van der Waals surface area contributed by atoms with Crippen molar-refractivity contribution in [2.45, 2.75) is 13.8 Å². The van der Waals surface area contributed by atoms with Crippen LogP contribution in [0.5, 0.6) is 0 Å². The van der Waals surface area contributed by atoms with Crippen LogP contribution in [0.2, 0.25) is 0 Å². The van der Waals surface area contributed by atoms with E-state index in [4.69, 9.17) is 5.73 Å². The summed E-state index contributed by atoms with van der Waals surface area (Å²) in [6.07, 6.45) is 0. The van der Waals surface area contributed by atoms with Gasteiger partial charge in [-0.2, -0.15) is 9.61 Å². The Labute approximate surface area is 99.6 Å². The molecule has 0 aliphatic heterocycles. The van der Waals surface area contributed by atoms with Gasteiger partial charge in [0.15, 0.2) is 10.8 Å². The summed E-state index contributed by atoms with van der Waals surface area (Å²) < 4.78 is 1.76. The molecule has 0 atom stereocenters. The Bertz CT molecular complexity index is 663. The lowest BCUT2D eigenvalue weighted by atomic mass is 10.3. The lowest BCUT2D eigenvalue weighted by molar-refractivity contribution is 0.898. The summed E-state index contributed by atoms with van der Waals surface area (Å²) in [6, 6.07) is 1.97. The molecular weight excluding hydrogens is 242 g/mol. The van der Waals surface area contributed by atoms with E-state index in [1.54, 1.807) is 15.9 Å². The van der Waals surface area contributed by atoms with Gasteiger partial charge in [-0.1, -0.05) is 11.3 Å². The quantitative estimate of drug-likeness (QED) is 0.719. The third kappa shape index (κ3) is 1.32. The number of anilines is 1. The van der Waals surface area contributed by atoms with E-state index < -0.39 is 0 Å². The molecule has 0 aliphatic rings. The molecule has 3 rings (SSSR count). The zero-order valence-electron chi connectivity index (χ0n) is 8.76. The van der Waals surface area contributed by atoms with Crippen LogP contribution in [0, 0.1) is 13.8 Å². The van der Waals surface area contributed by atoms with E-state index in [-0.39, 0.29) is 0 Å². The van der Waals surface area contributed by atoms with Crippen molar-refractivity contribution in [2.75, 3.05) is 5.73 Å². The summed E-state index contributed by atoms with van der Waals surface area (Å²) in [7, 11) is 0. The minimum absolute atomic E-state index is 0.805. The minimum Gasteiger partial charge on any atom is -0.391 e. The van der Waals surface area contributed by atoms with Gasteiger partial charge in [0.1, 0.15) is 0 Å². The Morgan fingerprint density at radius 2 is 2.06 bits per heavy atom. The van der Waals surface area contributed by atoms with Crippen molar-refractivity contribution in [3.8, 4) is 9.88 Å². The summed E-state index contributed by atoms with van der Waals surface area (Å²) in [4.78, 5) is 1.94. The molecule has 0 fully saturated rings. The van der Waals surface area contributed by atoms with Gasteiger partial charge in [-0.05, 0) is 25.5 Å². The third-order valence-electron chi connectivity index (χ3n) is 2.28. The third-order valence-corrected chi connectivity index (χ3v) is 4.40. The van der Waals surface area contributed by atoms with Crippen LogP contribution < -0.4 is 5.73 Å². The van der Waals surface area contributed by atoms with Gasteiger partial charge in [0.2, 0.25) is 4.96 Å². The van der Waals surface area contributed by atoms with Crippen LogP contribution in [0.4, 0.5) is 5.00 Å². The average molecular weight is 251 g/mol. The normalized spacial score (nSPS) is 11.4. The van der Waals surface area contributed by atoms with E-state index in [2.05, 4.69) is 15.3 Å². The van der Waals surface area contributed by atoms with Crippen LogP contribution in [0.3, 0.4) is 0 Å². The number of aromatic nitrogens is 4. The highest BCUT2D eigenvalue weighted by Crippen LogP contribution is 2.35. The molecule has 82 valence electrons. The number of hydrogen-bond donors (Lipinski definition) is 1. The SMILES string of the molecule is Cc1cc(N)sc1-c1nn2c(C)nnc2s1. The van der Waals surface area contributed by atoms with Crippen molar-refractivity contribution in [3.05, 3.63) is 17.5 Å². The number of aryl methyl sites for hydroxylation is 2. The number of fused-ring (bicyclic) bond motifs is 1. The fourth-order valence-corrected chi connectivity index (χ4v) is 3.49. The Hall–Kier alpha value is -1.47. The first-order valence-corrected chi connectivity index (χ1v) is 6.33. The number of nitrogens with zero attached hydrogens (tertiary/aromatic N) is 4. The first-order chi connectivity index (χ1) is 7.65. The van der Waals surface area contributed by atoms with E-state index in [0.717, 1.165) is 31.2 Å². The Balaban J connectivity index is 2.22. The summed E-state index contributed by atoms with van der Waals surface area (Å²) in [5, 5.41) is 14.2. The van der Waals surface area contributed by atoms with Crippen molar-refractivity contribution in [1.82, 2.24) is 19.8 Å². The lowest BCUT2D eigenvalue weighted by Crippen LogP contribution is -1.88. The molecule has 5 nitrogen and oxygen atoms in total. The molecule has 0 saturated heterocycles. The predicted molar refractivity (Wildman–Crippen MR) is 65.9 cm³/mol. The zero-order chi connectivity index (χ0) is 11.3. The van der Waals surface area contributed by atoms with E-state index in [9.17, 15) is 0 Å². The van der Waals surface area contributed by atoms with Gasteiger partial charge in [-0.3, -0.25) is 0 Å². The first kappa shape index (κ1) is 9.73. The molecule has 0 bridgehead atoms. The fourth-order valence-electron chi connectivity index (χ4n) is 1.53. The van der Waals surface area contributed by atoms with Gasteiger partial charge in [0.05, 0.1) is 9.88 Å². The lowest BCUT2D eigenvalue weighted by Gasteiger charge is -1.90. The molecule has 3 aromatic heterocycles. The van der Waals surface area contributed by atoms with Crippen LogP contribution in [0.25, 0.3) is 14.8 Å². The molecule has 16 heavy (non-hydrogen) atoms. The highest BCUT2D eigenvalue weighted by Gasteiger charge is 2.14. The Morgan fingerprint density at radius 3 is 2.69 bits per heavy atom. The maximum absolute atomic E-state index is 5.78. The molecule has 3 heterocycles. The number of thiophene rings is 1. The van der Waals surface area contributed by atoms with E-state index in [1.165, 1.54) is 11.3 Å². The van der Waals surface area contributed by atoms with E-state index in [1.807, 2.05) is 19.9 Å². The van der Waals surface area contributed by atoms with Gasteiger partial charge >= 0.3 is 0 Å². The second-order valence-electron chi connectivity index (χ2n) is 3.51. The van der Waals surface area contributed by atoms with Crippen molar-refractivity contribution in [2.24, 2.45) is 0 Å². The Morgan fingerprint density at radius 1 is 1.25 bits per heavy atom. The summed E-state index contributed by atoms with van der Waals surface area (Å²) in [5.74, 6) is 0.805. The van der Waals surface area contributed by atoms with Crippen molar-refractivity contribution in [3.63, 3.8) is 0 Å². The number of nitrogens with two attached hydrogens (primary N) is 1. The maximum Gasteiger partial charge on any atom is 0.234 e. The average Bonchev–Trinajstić information content (AvgIpc) is 2.84. The second-order valence-corrected chi connectivity index (χ2v) is 5.55. The van der Waals surface area contributed by atoms with Crippen LogP contribution in [0.1, 0.15) is 11.4 Å². The van der Waals surface area contributed by atoms with Gasteiger partial charge in [-0.25, -0.2) is 0 Å². The summed E-state index contributed by atoms with van der Waals surface area (Å²) in [5.41, 5.74) is 6.93. The molecule has 0 aromatic carbocycles. The molecular formula is C9H9N5S2. The molecule has 0 unspecified atom stereocenters. The van der Waals surface area contributed by atoms with Crippen molar-refractivity contribution >= 4 is 32.6 Å². The van der Waals surface area contributed by atoms with E-state index >= 15 is 0 Å². The minimum atomic E-state index is 0.805. The topological polar surface area (TPSA) is 69.1 Å². The van der Waals surface area contributed by atoms with Gasteiger partial charge in [0.25, 0.3) is 0 Å². The van der Waals surface area contributed by atoms with Gasteiger partial charge in [0, 0.05) is 0 Å². The van der Waals surface area contributed by atoms with Gasteiger partial charge < -0.3 is 5.73 Å². The molecule has 2 N–H and O–H groups in total. The largest absolute Gasteiger partial charge is 0.391 e. The second kappa shape index (κ2) is 3.26.